The van der Waals surface area contributed by atoms with Crippen LogP contribution in [-0.2, 0) is 5.54 Å². The number of hydrogen-bond donors (Lipinski definition) is 2. The Morgan fingerprint density at radius 2 is 1.89 bits per heavy atom. The molecule has 230 valence electrons. The van der Waals surface area contributed by atoms with Crippen molar-refractivity contribution in [3.63, 3.8) is 0 Å². The number of nitrogens with one attached hydrogen (secondary N) is 2. The van der Waals surface area contributed by atoms with Gasteiger partial charge in [0.1, 0.15) is 17.3 Å². The van der Waals surface area contributed by atoms with Gasteiger partial charge >= 0.3 is 0 Å². The van der Waals surface area contributed by atoms with Crippen molar-refractivity contribution in [3.05, 3.63) is 94.7 Å². The molecule has 0 saturated heterocycles. The average Bonchev–Trinajstić information content (AvgIpc) is 3.69. The molecule has 1 saturated carbocycles. The molecule has 1 aliphatic rings. The summed E-state index contributed by atoms with van der Waals surface area (Å²) in [5.41, 5.74) is 5.27. The largest absolute Gasteiger partial charge is 0.383 e. The van der Waals surface area contributed by atoms with Crippen molar-refractivity contribution in [2.45, 2.75) is 58.5 Å². The van der Waals surface area contributed by atoms with Crippen molar-refractivity contribution in [3.8, 4) is 17.2 Å². The molecule has 11 heteroatoms. The van der Waals surface area contributed by atoms with E-state index < -0.39 is 18.0 Å². The Labute approximate surface area is 265 Å². The van der Waals surface area contributed by atoms with Crippen molar-refractivity contribution in [1.29, 1.82) is 5.26 Å². The van der Waals surface area contributed by atoms with Crippen LogP contribution in [0.5, 0.6) is 0 Å². The summed E-state index contributed by atoms with van der Waals surface area (Å²) in [5, 5.41) is 26.6. The molecule has 1 unspecified atom stereocenters. The zero-order chi connectivity index (χ0) is 31.9. The van der Waals surface area contributed by atoms with Gasteiger partial charge in [-0.2, -0.15) is 5.26 Å². The highest BCUT2D eigenvalue weighted by atomic mass is 35.5. The summed E-state index contributed by atoms with van der Waals surface area (Å²) in [6, 6.07) is 15.2. The second kappa shape index (κ2) is 11.7. The van der Waals surface area contributed by atoms with E-state index in [9.17, 15) is 14.0 Å². The minimum atomic E-state index is -2.55. The first-order chi connectivity index (χ1) is 21.5. The number of halogens is 3. The quantitative estimate of drug-likeness (QED) is 0.170. The molecule has 8 nitrogen and oxygen atoms in total. The maximum atomic E-state index is 14.0. The van der Waals surface area contributed by atoms with Crippen molar-refractivity contribution in [1.82, 2.24) is 25.0 Å². The van der Waals surface area contributed by atoms with Gasteiger partial charge in [-0.3, -0.25) is 9.97 Å². The van der Waals surface area contributed by atoms with Crippen molar-refractivity contribution < 1.29 is 8.78 Å². The predicted octanol–water partition coefficient (Wildman–Crippen LogP) is 8.14. The molecule has 5 aromatic rings. The van der Waals surface area contributed by atoms with E-state index in [-0.39, 0.29) is 5.41 Å². The van der Waals surface area contributed by atoms with E-state index in [4.69, 9.17) is 11.6 Å². The number of aromatic nitrogens is 5. The zero-order valence-corrected chi connectivity index (χ0v) is 26.2. The predicted molar refractivity (Wildman–Crippen MR) is 173 cm³/mol. The number of rotatable bonds is 9. The molecule has 0 amide bonds. The van der Waals surface area contributed by atoms with Gasteiger partial charge in [0.25, 0.3) is 6.43 Å². The second-order valence-electron chi connectivity index (χ2n) is 12.8. The number of anilines is 2. The van der Waals surface area contributed by atoms with Crippen LogP contribution in [0.4, 0.5) is 20.2 Å². The fraction of sp³-hybridized carbons (Fsp3) is 0.324. The molecule has 3 heterocycles. The van der Waals surface area contributed by atoms with Crippen LogP contribution >= 0.6 is 11.6 Å². The first-order valence-corrected chi connectivity index (χ1v) is 15.1. The van der Waals surface area contributed by atoms with E-state index in [0.29, 0.717) is 57.9 Å². The Hall–Kier alpha value is -4.62. The highest BCUT2D eigenvalue weighted by molar-refractivity contribution is 6.35. The van der Waals surface area contributed by atoms with Crippen LogP contribution in [0.15, 0.2) is 67.3 Å². The van der Waals surface area contributed by atoms with Crippen molar-refractivity contribution in [2.24, 2.45) is 5.41 Å². The molecule has 0 spiro atoms. The topological polar surface area (TPSA) is 104 Å². The molecule has 2 aromatic carbocycles. The molecule has 0 aliphatic heterocycles. The van der Waals surface area contributed by atoms with E-state index in [2.05, 4.69) is 57.8 Å². The van der Waals surface area contributed by atoms with Gasteiger partial charge in [-0.05, 0) is 71.7 Å². The van der Waals surface area contributed by atoms with Crippen LogP contribution in [0.25, 0.3) is 22.0 Å². The molecule has 45 heavy (non-hydrogen) atoms. The van der Waals surface area contributed by atoms with Crippen LogP contribution in [0, 0.1) is 23.7 Å². The first kappa shape index (κ1) is 30.4. The Balaban J connectivity index is 1.48. The zero-order valence-electron chi connectivity index (χ0n) is 25.4. The Kier molecular flexibility index (Phi) is 7.91. The monoisotopic (exact) mass is 626 g/mol. The molecule has 6 rings (SSSR count). The Morgan fingerprint density at radius 3 is 2.56 bits per heavy atom. The van der Waals surface area contributed by atoms with Crippen LogP contribution in [0.2, 0.25) is 5.02 Å². The van der Waals surface area contributed by atoms with Gasteiger partial charge in [0.15, 0.2) is 0 Å². The molecule has 1 atom stereocenters. The van der Waals surface area contributed by atoms with Crippen LogP contribution in [0.1, 0.15) is 62.0 Å². The SMILES string of the molecule is Cc1c(-c2ccncc2)cccc1C(Nc1cc(Cl)c2ncc(C#N)c(NCC(C)(C)C)c2c1)c1cn(C2(C(F)F)CC2)nn1. The summed E-state index contributed by atoms with van der Waals surface area (Å²) < 4.78 is 29.3. The third-order valence-electron chi connectivity index (χ3n) is 8.26. The average molecular weight is 627 g/mol. The van der Waals surface area contributed by atoms with Crippen LogP contribution in [0.3, 0.4) is 0 Å². The fourth-order valence-electron chi connectivity index (χ4n) is 5.56. The highest BCUT2D eigenvalue weighted by Gasteiger charge is 2.54. The van der Waals surface area contributed by atoms with Gasteiger partial charge in [-0.15, -0.1) is 5.10 Å². The van der Waals surface area contributed by atoms with Crippen molar-refractivity contribution in [2.75, 3.05) is 17.2 Å². The van der Waals surface area contributed by atoms with Gasteiger partial charge in [0.2, 0.25) is 0 Å². The van der Waals surface area contributed by atoms with E-state index in [1.54, 1.807) is 24.7 Å². The standard InChI is InChI=1S/C34H33ClF2N8/c1-20-24(21-8-12-39-13-9-21)6-5-7-25(20)31(28-18-45(44-43-28)34(10-11-34)32(36)37)42-23-14-26-29(41-19-33(2,3)4)22(16-38)17-40-30(26)27(35)15-23/h5-9,12-15,17-18,31-32,42H,10-11,19H2,1-4H3,(H,40,41). The van der Waals surface area contributed by atoms with Crippen molar-refractivity contribution >= 4 is 33.9 Å². The van der Waals surface area contributed by atoms with Gasteiger partial charge < -0.3 is 10.6 Å². The number of hydrogen-bond acceptors (Lipinski definition) is 7. The van der Waals surface area contributed by atoms with Gasteiger partial charge in [0.05, 0.1) is 34.0 Å². The minimum Gasteiger partial charge on any atom is -0.383 e. The molecule has 1 aliphatic carbocycles. The van der Waals surface area contributed by atoms with E-state index >= 15 is 0 Å². The number of benzene rings is 2. The number of fused-ring (bicyclic) bond motifs is 1. The van der Waals surface area contributed by atoms with Crippen LogP contribution < -0.4 is 10.6 Å². The minimum absolute atomic E-state index is 0.0482. The lowest BCUT2D eigenvalue weighted by molar-refractivity contribution is 0.0593. The van der Waals surface area contributed by atoms with Crippen LogP contribution in [-0.4, -0.2) is 37.9 Å². The second-order valence-corrected chi connectivity index (χ2v) is 13.2. The number of nitriles is 1. The molecule has 1 fully saturated rings. The molecule has 3 aromatic heterocycles. The summed E-state index contributed by atoms with van der Waals surface area (Å²) in [5.74, 6) is 0. The normalized spacial score (nSPS) is 14.7. The maximum absolute atomic E-state index is 14.0. The summed E-state index contributed by atoms with van der Waals surface area (Å²) in [7, 11) is 0. The van der Waals surface area contributed by atoms with Gasteiger partial charge in [0, 0.05) is 36.2 Å². The third-order valence-corrected chi connectivity index (χ3v) is 8.55. The summed E-state index contributed by atoms with van der Waals surface area (Å²) in [6.07, 6.45) is 4.78. The molecule has 2 N–H and O–H groups in total. The van der Waals surface area contributed by atoms with E-state index in [1.165, 1.54) is 10.9 Å². The Bertz CT molecular complexity index is 1910. The summed E-state index contributed by atoms with van der Waals surface area (Å²) in [4.78, 5) is 8.63. The summed E-state index contributed by atoms with van der Waals surface area (Å²) >= 11 is 6.80. The number of alkyl halides is 2. The number of nitrogens with zero attached hydrogens (tertiary/aromatic N) is 6. The lowest BCUT2D eigenvalue weighted by Gasteiger charge is -2.24. The summed E-state index contributed by atoms with van der Waals surface area (Å²) in [6.45, 7) is 8.96. The lowest BCUT2D eigenvalue weighted by atomic mass is 9.92. The third kappa shape index (κ3) is 5.92. The van der Waals surface area contributed by atoms with Gasteiger partial charge in [-0.25, -0.2) is 13.5 Å². The smallest absolute Gasteiger partial charge is 0.263 e. The molecular formula is C34H33ClF2N8. The fourth-order valence-corrected chi connectivity index (χ4v) is 5.83. The van der Waals surface area contributed by atoms with E-state index in [1.807, 2.05) is 43.3 Å². The molecular weight excluding hydrogens is 594 g/mol. The highest BCUT2D eigenvalue weighted by Crippen LogP contribution is 2.48. The van der Waals surface area contributed by atoms with Gasteiger partial charge in [-0.1, -0.05) is 55.8 Å². The molecule has 0 bridgehead atoms. The maximum Gasteiger partial charge on any atom is 0.263 e. The Morgan fingerprint density at radius 1 is 1.13 bits per heavy atom. The molecule has 0 radical (unpaired) electrons. The van der Waals surface area contributed by atoms with E-state index in [0.717, 1.165) is 22.3 Å². The first-order valence-electron chi connectivity index (χ1n) is 14.7. The number of pyridine rings is 2. The lowest BCUT2D eigenvalue weighted by Crippen LogP contribution is -2.26.